The molecule has 16 heavy (non-hydrogen) atoms. The molecule has 1 fully saturated rings. The number of nitro benzene ring substituents is 1. The number of hydrogen-bond donors (Lipinski definition) is 2. The van der Waals surface area contributed by atoms with E-state index in [4.69, 9.17) is 11.6 Å². The lowest BCUT2D eigenvalue weighted by atomic mass is 10.1. The average molecular weight is 242 g/mol. The van der Waals surface area contributed by atoms with Gasteiger partial charge in [0, 0.05) is 24.8 Å². The predicted octanol–water partition coefficient (Wildman–Crippen LogP) is 1.94. The molecule has 86 valence electrons. The molecule has 1 aliphatic rings. The minimum absolute atomic E-state index is 0.0450. The molecule has 0 aliphatic carbocycles. The third kappa shape index (κ3) is 2.10. The van der Waals surface area contributed by atoms with Crippen molar-refractivity contribution in [3.05, 3.63) is 32.8 Å². The summed E-state index contributed by atoms with van der Waals surface area (Å²) in [5, 5.41) is 17.3. The Morgan fingerprint density at radius 3 is 2.75 bits per heavy atom. The quantitative estimate of drug-likeness (QED) is 0.627. The molecule has 0 amide bonds. The number of aryl methyl sites for hydroxylation is 1. The summed E-state index contributed by atoms with van der Waals surface area (Å²) in [5.41, 5.74) is 1.65. The minimum Gasteiger partial charge on any atom is -0.379 e. The Bertz CT molecular complexity index is 432. The van der Waals surface area contributed by atoms with E-state index in [0.29, 0.717) is 6.04 Å². The van der Waals surface area contributed by atoms with Crippen LogP contribution in [0, 0.1) is 17.0 Å². The molecule has 1 aromatic rings. The Balaban J connectivity index is 2.25. The van der Waals surface area contributed by atoms with E-state index in [1.54, 1.807) is 6.07 Å². The molecular weight excluding hydrogens is 230 g/mol. The number of halogens is 1. The smallest absolute Gasteiger partial charge is 0.288 e. The van der Waals surface area contributed by atoms with Crippen molar-refractivity contribution in [2.24, 2.45) is 0 Å². The van der Waals surface area contributed by atoms with Gasteiger partial charge in [0.2, 0.25) is 0 Å². The molecule has 2 N–H and O–H groups in total. The molecule has 0 unspecified atom stereocenters. The Labute approximate surface area is 97.9 Å². The molecule has 0 radical (unpaired) electrons. The van der Waals surface area contributed by atoms with Crippen LogP contribution in [0.3, 0.4) is 0 Å². The van der Waals surface area contributed by atoms with Gasteiger partial charge in [0.25, 0.3) is 5.69 Å². The average Bonchev–Trinajstić information content (AvgIpc) is 2.15. The lowest BCUT2D eigenvalue weighted by Gasteiger charge is -2.29. The predicted molar refractivity (Wildman–Crippen MR) is 63.1 cm³/mol. The van der Waals surface area contributed by atoms with Crippen LogP contribution in [0.1, 0.15) is 5.56 Å². The molecule has 0 saturated carbocycles. The van der Waals surface area contributed by atoms with E-state index in [1.165, 1.54) is 6.07 Å². The van der Waals surface area contributed by atoms with Gasteiger partial charge in [0.1, 0.15) is 5.02 Å². The first-order chi connectivity index (χ1) is 7.58. The Morgan fingerprint density at radius 1 is 1.56 bits per heavy atom. The standard InChI is InChI=1S/C10H12ClN3O2/c1-6-2-10(14(15)16)8(11)3-9(6)13-7-4-12-5-7/h2-3,7,12-13H,4-5H2,1H3. The van der Waals surface area contributed by atoms with Crippen LogP contribution in [0.2, 0.25) is 5.02 Å². The Hall–Kier alpha value is -1.33. The molecule has 6 heteroatoms. The summed E-state index contributed by atoms with van der Waals surface area (Å²) in [6, 6.07) is 3.50. The van der Waals surface area contributed by atoms with Gasteiger partial charge < -0.3 is 10.6 Å². The van der Waals surface area contributed by atoms with Crippen LogP contribution >= 0.6 is 11.6 Å². The second-order valence-corrected chi connectivity index (χ2v) is 4.28. The molecule has 0 atom stereocenters. The molecule has 0 aromatic heterocycles. The molecule has 2 rings (SSSR count). The molecule has 0 bridgehead atoms. The lowest BCUT2D eigenvalue weighted by molar-refractivity contribution is -0.384. The van der Waals surface area contributed by atoms with Gasteiger partial charge >= 0.3 is 0 Å². The maximum absolute atomic E-state index is 10.7. The number of hydrogen-bond acceptors (Lipinski definition) is 4. The number of benzene rings is 1. The largest absolute Gasteiger partial charge is 0.379 e. The zero-order chi connectivity index (χ0) is 11.7. The van der Waals surface area contributed by atoms with Crippen LogP contribution in [0.4, 0.5) is 11.4 Å². The third-order valence-electron chi connectivity index (χ3n) is 2.63. The molecular formula is C10H12ClN3O2. The highest BCUT2D eigenvalue weighted by atomic mass is 35.5. The maximum atomic E-state index is 10.7. The van der Waals surface area contributed by atoms with Crippen molar-refractivity contribution in [1.29, 1.82) is 0 Å². The zero-order valence-corrected chi connectivity index (χ0v) is 9.54. The van der Waals surface area contributed by atoms with Crippen molar-refractivity contribution in [2.75, 3.05) is 18.4 Å². The van der Waals surface area contributed by atoms with Gasteiger partial charge in [-0.1, -0.05) is 11.6 Å². The number of nitrogens with zero attached hydrogens (tertiary/aromatic N) is 1. The van der Waals surface area contributed by atoms with E-state index in [-0.39, 0.29) is 10.7 Å². The number of nitrogens with one attached hydrogen (secondary N) is 2. The van der Waals surface area contributed by atoms with E-state index >= 15 is 0 Å². The van der Waals surface area contributed by atoms with Crippen LogP contribution in [-0.2, 0) is 0 Å². The highest BCUT2D eigenvalue weighted by molar-refractivity contribution is 6.33. The van der Waals surface area contributed by atoms with E-state index < -0.39 is 4.92 Å². The van der Waals surface area contributed by atoms with Crippen LogP contribution in [-0.4, -0.2) is 24.1 Å². The van der Waals surface area contributed by atoms with E-state index in [0.717, 1.165) is 24.3 Å². The van der Waals surface area contributed by atoms with Crippen LogP contribution in [0.15, 0.2) is 12.1 Å². The first-order valence-electron chi connectivity index (χ1n) is 4.99. The number of rotatable bonds is 3. The van der Waals surface area contributed by atoms with Crippen molar-refractivity contribution in [1.82, 2.24) is 5.32 Å². The van der Waals surface area contributed by atoms with Gasteiger partial charge in [-0.2, -0.15) is 0 Å². The number of anilines is 1. The molecule has 1 aliphatic heterocycles. The van der Waals surface area contributed by atoms with Gasteiger partial charge in [0.15, 0.2) is 0 Å². The molecule has 0 spiro atoms. The Morgan fingerprint density at radius 2 is 2.25 bits per heavy atom. The Kier molecular flexibility index (Phi) is 2.98. The van der Waals surface area contributed by atoms with Gasteiger partial charge in [-0.25, -0.2) is 0 Å². The highest BCUT2D eigenvalue weighted by Gasteiger charge is 2.19. The fourth-order valence-electron chi connectivity index (χ4n) is 1.57. The fourth-order valence-corrected chi connectivity index (χ4v) is 1.81. The summed E-state index contributed by atoms with van der Waals surface area (Å²) in [6.07, 6.45) is 0. The van der Waals surface area contributed by atoms with Crippen LogP contribution < -0.4 is 10.6 Å². The monoisotopic (exact) mass is 241 g/mol. The fraction of sp³-hybridized carbons (Fsp3) is 0.400. The van der Waals surface area contributed by atoms with Crippen molar-refractivity contribution >= 4 is 23.0 Å². The maximum Gasteiger partial charge on any atom is 0.288 e. The van der Waals surface area contributed by atoms with Crippen molar-refractivity contribution in [3.63, 3.8) is 0 Å². The van der Waals surface area contributed by atoms with Gasteiger partial charge in [0.05, 0.1) is 11.0 Å². The van der Waals surface area contributed by atoms with Crippen LogP contribution in [0.5, 0.6) is 0 Å². The van der Waals surface area contributed by atoms with Gasteiger partial charge in [-0.3, -0.25) is 10.1 Å². The summed E-state index contributed by atoms with van der Waals surface area (Å²) in [6.45, 7) is 3.65. The highest BCUT2D eigenvalue weighted by Crippen LogP contribution is 2.30. The van der Waals surface area contributed by atoms with Crippen molar-refractivity contribution in [2.45, 2.75) is 13.0 Å². The lowest BCUT2D eigenvalue weighted by Crippen LogP contribution is -2.51. The van der Waals surface area contributed by atoms with E-state index in [2.05, 4.69) is 10.6 Å². The summed E-state index contributed by atoms with van der Waals surface area (Å²) in [5.74, 6) is 0. The molecule has 1 heterocycles. The van der Waals surface area contributed by atoms with Crippen molar-refractivity contribution < 1.29 is 4.92 Å². The summed E-state index contributed by atoms with van der Waals surface area (Å²) in [4.78, 5) is 10.2. The summed E-state index contributed by atoms with van der Waals surface area (Å²) in [7, 11) is 0. The van der Waals surface area contributed by atoms with E-state index in [1.807, 2.05) is 6.92 Å². The second kappa shape index (κ2) is 4.27. The molecule has 1 saturated heterocycles. The number of nitro groups is 1. The van der Waals surface area contributed by atoms with Crippen LogP contribution in [0.25, 0.3) is 0 Å². The first kappa shape index (κ1) is 11.2. The summed E-state index contributed by atoms with van der Waals surface area (Å²) < 4.78 is 0. The van der Waals surface area contributed by atoms with Gasteiger partial charge in [-0.05, 0) is 18.6 Å². The second-order valence-electron chi connectivity index (χ2n) is 3.88. The summed E-state index contributed by atoms with van der Waals surface area (Å²) >= 11 is 5.84. The normalized spacial score (nSPS) is 15.6. The topological polar surface area (TPSA) is 67.2 Å². The molecule has 5 nitrogen and oxygen atoms in total. The van der Waals surface area contributed by atoms with E-state index in [9.17, 15) is 10.1 Å². The van der Waals surface area contributed by atoms with Gasteiger partial charge in [-0.15, -0.1) is 0 Å². The first-order valence-corrected chi connectivity index (χ1v) is 5.37. The minimum atomic E-state index is -0.468. The molecule has 1 aromatic carbocycles. The van der Waals surface area contributed by atoms with Crippen molar-refractivity contribution in [3.8, 4) is 0 Å². The third-order valence-corrected chi connectivity index (χ3v) is 2.93. The SMILES string of the molecule is Cc1cc([N+](=O)[O-])c(Cl)cc1NC1CNC1. The zero-order valence-electron chi connectivity index (χ0n) is 8.79.